The second kappa shape index (κ2) is 20.2. The summed E-state index contributed by atoms with van der Waals surface area (Å²) >= 11 is 0. The van der Waals surface area contributed by atoms with E-state index in [1.54, 1.807) is 12.1 Å². The summed E-state index contributed by atoms with van der Waals surface area (Å²) in [7, 11) is -0.750. The van der Waals surface area contributed by atoms with E-state index in [4.69, 9.17) is 24.4 Å². The number of nitrogen functional groups attached to an aromatic ring is 1. The summed E-state index contributed by atoms with van der Waals surface area (Å²) in [5, 5.41) is 39.0. The van der Waals surface area contributed by atoms with Crippen LogP contribution in [0.2, 0.25) is 33.1 Å². The molecule has 318 valence electrons. The van der Waals surface area contributed by atoms with Crippen LogP contribution in [0.25, 0.3) is 0 Å². The molecule has 6 aliphatic rings. The maximum atomic E-state index is 13.1. The van der Waals surface area contributed by atoms with Crippen LogP contribution in [0.3, 0.4) is 0 Å². The average Bonchev–Trinajstić information content (AvgIpc) is 4.12. The SMILES string of the molecule is C.CB1OCc2cc3c(c(C)c21)COB3O.CB1OCc2cccc(C)c21.CB1OCc2cccc(F)c21.Nc1ccc2c(c1)B(O)CC2.O=[N+]([O-])c1ccc2c(c1)B(O)CC2. The Labute approximate surface area is 366 Å². The zero-order chi connectivity index (χ0) is 43.5. The average molecular weight is 838 g/mol. The summed E-state index contributed by atoms with van der Waals surface area (Å²) in [4.78, 5) is 9.99. The van der Waals surface area contributed by atoms with Crippen LogP contribution < -0.4 is 38.5 Å². The molecule has 6 aliphatic heterocycles. The van der Waals surface area contributed by atoms with Crippen molar-refractivity contribution in [3.8, 4) is 0 Å². The molecule has 0 spiro atoms. The van der Waals surface area contributed by atoms with Gasteiger partial charge in [0.05, 0.1) is 31.4 Å². The van der Waals surface area contributed by atoms with Crippen LogP contribution in [0.4, 0.5) is 15.8 Å². The molecule has 0 bridgehead atoms. The molecule has 5 N–H and O–H groups in total. The van der Waals surface area contributed by atoms with Gasteiger partial charge in [-0.05, 0) is 118 Å². The lowest BCUT2D eigenvalue weighted by Crippen LogP contribution is -2.34. The van der Waals surface area contributed by atoms with E-state index < -0.39 is 19.0 Å². The van der Waals surface area contributed by atoms with Crippen LogP contribution >= 0.6 is 0 Å². The van der Waals surface area contributed by atoms with Gasteiger partial charge in [0.25, 0.3) is 5.69 Å². The Kier molecular flexibility index (Phi) is 15.3. The Balaban J connectivity index is 0.000000130. The topological polar surface area (TPSA) is 167 Å². The van der Waals surface area contributed by atoms with Crippen molar-refractivity contribution in [2.45, 2.75) is 93.7 Å². The molecule has 62 heavy (non-hydrogen) atoms. The number of hydrogen-bond acceptors (Lipinski definition) is 10. The molecule has 0 saturated heterocycles. The van der Waals surface area contributed by atoms with Gasteiger partial charge in [0.15, 0.2) is 0 Å². The number of fused-ring (bicyclic) bond motifs is 6. The van der Waals surface area contributed by atoms with Gasteiger partial charge in [0, 0.05) is 17.8 Å². The minimum atomic E-state index is -0.750. The molecule has 5 aromatic rings. The van der Waals surface area contributed by atoms with E-state index in [1.807, 2.05) is 37.2 Å². The van der Waals surface area contributed by atoms with Crippen LogP contribution in [0, 0.1) is 29.8 Å². The standard InChI is InChI=1S/C10H12B2O3.C9H11BO.C8H8BFO.C8H8BNO3.C8H10BNO.CH4/c1-6-8-5-15-12(13)9(8)3-7-4-14-11(2)10(6)7;1-7-4-3-5-8-6-11-10(2)9(7)8;1-9-8-6(5-11-9)3-2-4-7(8)10;11-9-4-3-6-1-2-7(10(12)13)5-8(6)9;10-7-2-1-6-3-4-9(11)8(6)5-7;/h3,13H,4-5H2,1-2H3;3-5H,6H2,1-2H3;2-4H,5H2,1H3;1-2,5,11H,3-4H2;1-2,5,11H,3-4,10H2;1H4. The largest absolute Gasteiger partial charge is 0.491 e. The molecule has 5 aromatic carbocycles. The van der Waals surface area contributed by atoms with Gasteiger partial charge in [-0.15, -0.1) is 0 Å². The predicted molar refractivity (Wildman–Crippen MR) is 252 cm³/mol. The monoisotopic (exact) mass is 838 g/mol. The number of halogens is 1. The highest BCUT2D eigenvalue weighted by molar-refractivity contribution is 6.70. The van der Waals surface area contributed by atoms with Gasteiger partial charge in [-0.1, -0.05) is 93.1 Å². The molecule has 0 saturated carbocycles. The minimum Gasteiger partial charge on any atom is -0.446 e. The highest BCUT2D eigenvalue weighted by atomic mass is 19.1. The fraction of sp³-hybridized carbons (Fsp3) is 0.318. The Bertz CT molecular complexity index is 2370. The molecule has 11 nitrogen and oxygen atoms in total. The van der Waals surface area contributed by atoms with Crippen molar-refractivity contribution in [1.82, 2.24) is 0 Å². The van der Waals surface area contributed by atoms with Gasteiger partial charge in [-0.25, -0.2) is 4.39 Å². The number of nitro groups is 1. The molecule has 11 rings (SSSR count). The lowest BCUT2D eigenvalue weighted by molar-refractivity contribution is -0.384. The first-order valence-corrected chi connectivity index (χ1v) is 20.9. The summed E-state index contributed by atoms with van der Waals surface area (Å²) in [5.41, 5.74) is 22.0. The number of hydrogen-bond donors (Lipinski definition) is 4. The molecule has 0 aromatic heterocycles. The molecular formula is C44H53B6FN2O9. The quantitative estimate of drug-likeness (QED) is 0.0854. The lowest BCUT2D eigenvalue weighted by Gasteiger charge is -2.10. The molecule has 0 atom stereocenters. The highest BCUT2D eigenvalue weighted by Gasteiger charge is 2.35. The lowest BCUT2D eigenvalue weighted by atomic mass is 9.60. The number of nitro benzene ring substituents is 1. The Hall–Kier alpha value is -4.66. The predicted octanol–water partition coefficient (Wildman–Crippen LogP) is 3.10. The molecular weight excluding hydrogens is 784 g/mol. The van der Waals surface area contributed by atoms with Crippen LogP contribution in [-0.4, -0.2) is 61.7 Å². The van der Waals surface area contributed by atoms with Crippen molar-refractivity contribution >= 4 is 85.8 Å². The molecule has 0 amide bonds. The first-order valence-electron chi connectivity index (χ1n) is 20.9. The third-order valence-corrected chi connectivity index (χ3v) is 12.4. The Morgan fingerprint density at radius 3 is 1.81 bits per heavy atom. The molecule has 0 radical (unpaired) electrons. The second-order valence-corrected chi connectivity index (χ2v) is 16.3. The van der Waals surface area contributed by atoms with Crippen LogP contribution in [0.15, 0.2) is 78.9 Å². The van der Waals surface area contributed by atoms with Crippen molar-refractivity contribution in [1.29, 1.82) is 0 Å². The maximum absolute atomic E-state index is 13.1. The van der Waals surface area contributed by atoms with Gasteiger partial charge >= 0.3 is 41.7 Å². The van der Waals surface area contributed by atoms with Crippen LogP contribution in [0.5, 0.6) is 0 Å². The molecule has 0 unspecified atom stereocenters. The smallest absolute Gasteiger partial charge is 0.446 e. The number of benzene rings is 5. The van der Waals surface area contributed by atoms with Gasteiger partial charge in [-0.3, -0.25) is 10.1 Å². The summed E-state index contributed by atoms with van der Waals surface area (Å²) in [6.45, 7) is 12.4. The van der Waals surface area contributed by atoms with E-state index >= 15 is 0 Å². The second-order valence-electron chi connectivity index (χ2n) is 16.3. The molecule has 0 fully saturated rings. The normalized spacial score (nSPS) is 15.6. The summed E-state index contributed by atoms with van der Waals surface area (Å²) in [6.07, 6.45) is 3.32. The third-order valence-electron chi connectivity index (χ3n) is 12.4. The maximum Gasteiger partial charge on any atom is 0.491 e. The molecule has 18 heteroatoms. The van der Waals surface area contributed by atoms with Crippen molar-refractivity contribution < 1.29 is 43.0 Å². The summed E-state index contributed by atoms with van der Waals surface area (Å²) < 4.78 is 34.7. The van der Waals surface area contributed by atoms with E-state index in [0.29, 0.717) is 38.5 Å². The first kappa shape index (κ1) is 46.8. The van der Waals surface area contributed by atoms with Crippen molar-refractivity contribution in [2.24, 2.45) is 0 Å². The zero-order valence-corrected chi connectivity index (χ0v) is 35.3. The third kappa shape index (κ3) is 10.1. The fourth-order valence-electron chi connectivity index (χ4n) is 9.11. The van der Waals surface area contributed by atoms with Crippen molar-refractivity contribution in [3.63, 3.8) is 0 Å². The van der Waals surface area contributed by atoms with Gasteiger partial charge in [-0.2, -0.15) is 0 Å². The van der Waals surface area contributed by atoms with E-state index in [-0.39, 0.29) is 39.7 Å². The van der Waals surface area contributed by atoms with Gasteiger partial charge in [0.2, 0.25) is 0 Å². The summed E-state index contributed by atoms with van der Waals surface area (Å²) in [6, 6.07) is 23.9. The first-order chi connectivity index (χ1) is 29.2. The number of aryl methyl sites for hydroxylation is 3. The van der Waals surface area contributed by atoms with Gasteiger partial charge < -0.3 is 39.4 Å². The van der Waals surface area contributed by atoms with Crippen LogP contribution in [0.1, 0.15) is 51.9 Å². The fourth-order valence-corrected chi connectivity index (χ4v) is 9.11. The Morgan fingerprint density at radius 2 is 1.19 bits per heavy atom. The molecule has 0 aliphatic carbocycles. The van der Waals surface area contributed by atoms with E-state index in [2.05, 4.69) is 45.7 Å². The number of nitrogens with two attached hydrogens (primary N) is 1. The van der Waals surface area contributed by atoms with Crippen molar-refractivity contribution in [2.75, 3.05) is 5.73 Å². The Morgan fingerprint density at radius 1 is 0.645 bits per heavy atom. The molecule has 6 heterocycles. The summed E-state index contributed by atoms with van der Waals surface area (Å²) in [5.74, 6) is -0.146. The number of nitrogens with zero attached hydrogens (tertiary/aromatic N) is 1. The van der Waals surface area contributed by atoms with Gasteiger partial charge in [0.1, 0.15) is 5.82 Å². The van der Waals surface area contributed by atoms with E-state index in [9.17, 15) is 29.6 Å². The number of anilines is 1. The van der Waals surface area contributed by atoms with Crippen molar-refractivity contribution in [3.05, 3.63) is 139 Å². The highest BCUT2D eigenvalue weighted by Crippen LogP contribution is 2.21. The number of non-ortho nitro benzene ring substituents is 1. The number of rotatable bonds is 1. The van der Waals surface area contributed by atoms with E-state index in [0.717, 1.165) is 64.5 Å². The zero-order valence-electron chi connectivity index (χ0n) is 35.3. The van der Waals surface area contributed by atoms with E-state index in [1.165, 1.54) is 56.9 Å². The van der Waals surface area contributed by atoms with Crippen LogP contribution in [-0.2, 0) is 57.9 Å². The minimum absolute atomic E-state index is 0.